The summed E-state index contributed by atoms with van der Waals surface area (Å²) in [4.78, 5) is 25.5. The average molecular weight is 341 g/mol. The van der Waals surface area contributed by atoms with Crippen LogP contribution in [0.3, 0.4) is 0 Å². The van der Waals surface area contributed by atoms with Gasteiger partial charge in [0.15, 0.2) is 5.69 Å². The number of carboxylic acids is 1. The highest BCUT2D eigenvalue weighted by Gasteiger charge is 2.27. The molecule has 132 valence electrons. The molecule has 2 aromatic rings. The molecule has 1 aliphatic heterocycles. The van der Waals surface area contributed by atoms with Gasteiger partial charge in [-0.05, 0) is 44.2 Å². The Bertz CT molecular complexity index is 755. The summed E-state index contributed by atoms with van der Waals surface area (Å²) >= 11 is 0. The van der Waals surface area contributed by atoms with E-state index < -0.39 is 5.97 Å². The first-order chi connectivity index (χ1) is 12.0. The number of aromatic nitrogens is 2. The number of benzene rings is 1. The molecule has 0 spiro atoms. The number of amides is 1. The van der Waals surface area contributed by atoms with Gasteiger partial charge in [-0.1, -0.05) is 18.2 Å². The van der Waals surface area contributed by atoms with Crippen LogP contribution in [0.4, 0.5) is 0 Å². The van der Waals surface area contributed by atoms with Crippen molar-refractivity contribution in [2.24, 2.45) is 5.92 Å². The third-order valence-electron chi connectivity index (χ3n) is 4.69. The van der Waals surface area contributed by atoms with Gasteiger partial charge in [0.05, 0.1) is 5.69 Å². The van der Waals surface area contributed by atoms with Crippen LogP contribution in [-0.4, -0.2) is 44.8 Å². The van der Waals surface area contributed by atoms with Gasteiger partial charge in [0, 0.05) is 31.3 Å². The SMILES string of the molecule is Cc1cn(-c2ccccc2)nc1C(=O)N1CCCC(CCC(=O)O)C1. The maximum Gasteiger partial charge on any atom is 0.303 e. The number of rotatable bonds is 5. The summed E-state index contributed by atoms with van der Waals surface area (Å²) in [6, 6.07) is 9.71. The van der Waals surface area contributed by atoms with Crippen LogP contribution in [0, 0.1) is 12.8 Å². The van der Waals surface area contributed by atoms with Crippen molar-refractivity contribution in [2.45, 2.75) is 32.6 Å². The van der Waals surface area contributed by atoms with Crippen LogP contribution in [0.1, 0.15) is 41.7 Å². The molecule has 1 fully saturated rings. The molecular weight excluding hydrogens is 318 g/mol. The average Bonchev–Trinajstić information content (AvgIpc) is 3.02. The van der Waals surface area contributed by atoms with Crippen LogP contribution in [0.15, 0.2) is 36.5 Å². The van der Waals surface area contributed by atoms with Gasteiger partial charge in [-0.15, -0.1) is 0 Å². The molecule has 0 aliphatic carbocycles. The number of carbonyl (C=O) groups is 2. The van der Waals surface area contributed by atoms with Gasteiger partial charge in [-0.25, -0.2) is 4.68 Å². The van der Waals surface area contributed by atoms with Crippen molar-refractivity contribution >= 4 is 11.9 Å². The number of aryl methyl sites for hydroxylation is 1. The van der Waals surface area contributed by atoms with E-state index in [-0.39, 0.29) is 18.2 Å². The van der Waals surface area contributed by atoms with Crippen LogP contribution < -0.4 is 0 Å². The van der Waals surface area contributed by atoms with E-state index >= 15 is 0 Å². The van der Waals surface area contributed by atoms with Crippen LogP contribution in [0.2, 0.25) is 0 Å². The molecule has 2 heterocycles. The van der Waals surface area contributed by atoms with Crippen LogP contribution in [-0.2, 0) is 4.79 Å². The monoisotopic (exact) mass is 341 g/mol. The molecule has 1 aliphatic rings. The Hall–Kier alpha value is -2.63. The van der Waals surface area contributed by atoms with Crippen LogP contribution in [0.5, 0.6) is 0 Å². The minimum atomic E-state index is -0.777. The first-order valence-electron chi connectivity index (χ1n) is 8.67. The van der Waals surface area contributed by atoms with E-state index in [0.29, 0.717) is 25.2 Å². The molecule has 6 nitrogen and oxygen atoms in total. The summed E-state index contributed by atoms with van der Waals surface area (Å²) in [6.45, 7) is 3.22. The highest BCUT2D eigenvalue weighted by Crippen LogP contribution is 2.23. The fourth-order valence-corrected chi connectivity index (χ4v) is 3.35. The van der Waals surface area contributed by atoms with E-state index in [9.17, 15) is 9.59 Å². The predicted octanol–water partition coefficient (Wildman–Crippen LogP) is 2.90. The lowest BCUT2D eigenvalue weighted by Gasteiger charge is -2.32. The lowest BCUT2D eigenvalue weighted by atomic mass is 9.93. The van der Waals surface area contributed by atoms with Gasteiger partial charge in [-0.3, -0.25) is 9.59 Å². The highest BCUT2D eigenvalue weighted by atomic mass is 16.4. The number of carboxylic acid groups (broad SMARTS) is 1. The lowest BCUT2D eigenvalue weighted by molar-refractivity contribution is -0.137. The van der Waals surface area contributed by atoms with E-state index in [4.69, 9.17) is 5.11 Å². The second kappa shape index (κ2) is 7.51. The Labute approximate surface area is 147 Å². The molecule has 0 saturated carbocycles. The number of nitrogens with zero attached hydrogens (tertiary/aromatic N) is 3. The molecule has 25 heavy (non-hydrogen) atoms. The Morgan fingerprint density at radius 2 is 2.04 bits per heavy atom. The third kappa shape index (κ3) is 4.07. The highest BCUT2D eigenvalue weighted by molar-refractivity contribution is 5.93. The molecule has 1 saturated heterocycles. The van der Waals surface area contributed by atoms with Crippen molar-refractivity contribution in [3.8, 4) is 5.69 Å². The quantitative estimate of drug-likeness (QED) is 0.907. The number of para-hydroxylation sites is 1. The second-order valence-electron chi connectivity index (χ2n) is 6.63. The normalized spacial score (nSPS) is 17.5. The Balaban J connectivity index is 1.72. The van der Waals surface area contributed by atoms with E-state index in [0.717, 1.165) is 24.1 Å². The maximum absolute atomic E-state index is 12.9. The molecule has 3 rings (SSSR count). The van der Waals surface area contributed by atoms with Crippen molar-refractivity contribution < 1.29 is 14.7 Å². The standard InChI is InChI=1S/C19H23N3O3/c1-14-12-22(16-7-3-2-4-8-16)20-18(14)19(25)21-11-5-6-15(13-21)9-10-17(23)24/h2-4,7-8,12,15H,5-6,9-11,13H2,1H3,(H,23,24). The number of piperidine rings is 1. The largest absolute Gasteiger partial charge is 0.481 e. The number of carbonyl (C=O) groups excluding carboxylic acids is 1. The van der Waals surface area contributed by atoms with Crippen molar-refractivity contribution in [1.82, 2.24) is 14.7 Å². The van der Waals surface area contributed by atoms with Gasteiger partial charge in [-0.2, -0.15) is 5.10 Å². The first-order valence-corrected chi connectivity index (χ1v) is 8.67. The summed E-state index contributed by atoms with van der Waals surface area (Å²) in [7, 11) is 0. The van der Waals surface area contributed by atoms with E-state index in [1.807, 2.05) is 48.4 Å². The van der Waals surface area contributed by atoms with Gasteiger partial charge in [0.2, 0.25) is 0 Å². The summed E-state index contributed by atoms with van der Waals surface area (Å²) in [5, 5.41) is 13.3. The van der Waals surface area contributed by atoms with E-state index in [1.54, 1.807) is 4.68 Å². The zero-order valence-corrected chi connectivity index (χ0v) is 14.4. The van der Waals surface area contributed by atoms with Crippen molar-refractivity contribution in [1.29, 1.82) is 0 Å². The molecule has 0 bridgehead atoms. The lowest BCUT2D eigenvalue weighted by Crippen LogP contribution is -2.40. The van der Waals surface area contributed by atoms with Crippen molar-refractivity contribution in [3.63, 3.8) is 0 Å². The summed E-state index contributed by atoms with van der Waals surface area (Å²) in [6.07, 6.45) is 4.54. The number of hydrogen-bond acceptors (Lipinski definition) is 3. The molecule has 1 atom stereocenters. The van der Waals surface area contributed by atoms with Crippen LogP contribution >= 0.6 is 0 Å². The zero-order valence-electron chi connectivity index (χ0n) is 14.4. The first kappa shape index (κ1) is 17.2. The van der Waals surface area contributed by atoms with E-state index in [1.165, 1.54) is 0 Å². The fraction of sp³-hybridized carbons (Fsp3) is 0.421. The van der Waals surface area contributed by atoms with E-state index in [2.05, 4.69) is 5.10 Å². The van der Waals surface area contributed by atoms with Gasteiger partial charge >= 0.3 is 5.97 Å². The minimum absolute atomic E-state index is 0.0628. The number of hydrogen-bond donors (Lipinski definition) is 1. The molecule has 1 aromatic carbocycles. The topological polar surface area (TPSA) is 75.4 Å². The fourth-order valence-electron chi connectivity index (χ4n) is 3.35. The minimum Gasteiger partial charge on any atom is -0.481 e. The molecule has 0 radical (unpaired) electrons. The van der Waals surface area contributed by atoms with Crippen LogP contribution in [0.25, 0.3) is 5.69 Å². The molecule has 1 amide bonds. The summed E-state index contributed by atoms with van der Waals surface area (Å²) in [5.74, 6) is -0.585. The maximum atomic E-state index is 12.9. The number of aliphatic carboxylic acids is 1. The Kier molecular flexibility index (Phi) is 5.16. The smallest absolute Gasteiger partial charge is 0.303 e. The predicted molar refractivity (Wildman–Crippen MR) is 93.8 cm³/mol. The molecule has 1 aromatic heterocycles. The Morgan fingerprint density at radius 1 is 1.28 bits per heavy atom. The summed E-state index contributed by atoms with van der Waals surface area (Å²) < 4.78 is 1.73. The summed E-state index contributed by atoms with van der Waals surface area (Å²) in [5.41, 5.74) is 2.24. The molecule has 1 N–H and O–H groups in total. The second-order valence-corrected chi connectivity index (χ2v) is 6.63. The molecular formula is C19H23N3O3. The molecule has 1 unspecified atom stereocenters. The van der Waals surface area contributed by atoms with Gasteiger partial charge in [0.1, 0.15) is 0 Å². The zero-order chi connectivity index (χ0) is 17.8. The van der Waals surface area contributed by atoms with Gasteiger partial charge < -0.3 is 10.0 Å². The Morgan fingerprint density at radius 3 is 2.76 bits per heavy atom. The van der Waals surface area contributed by atoms with Crippen molar-refractivity contribution in [2.75, 3.05) is 13.1 Å². The third-order valence-corrected chi connectivity index (χ3v) is 4.69. The van der Waals surface area contributed by atoms with Gasteiger partial charge in [0.25, 0.3) is 5.91 Å². The van der Waals surface area contributed by atoms with Crippen molar-refractivity contribution in [3.05, 3.63) is 47.8 Å². The number of likely N-dealkylation sites (tertiary alicyclic amines) is 1. The molecule has 6 heteroatoms.